The van der Waals surface area contributed by atoms with Crippen molar-refractivity contribution in [3.05, 3.63) is 65.4 Å². The minimum Gasteiger partial charge on any atom is -0.487 e. The Bertz CT molecular complexity index is 876. The summed E-state index contributed by atoms with van der Waals surface area (Å²) in [5.41, 5.74) is 1.93. The quantitative estimate of drug-likeness (QED) is 0.322. The van der Waals surface area contributed by atoms with Crippen LogP contribution in [0.5, 0.6) is 5.75 Å². The molecule has 0 aromatic heterocycles. The Labute approximate surface area is 176 Å². The van der Waals surface area contributed by atoms with E-state index in [2.05, 4.69) is 55.8 Å². The minimum absolute atomic E-state index is 0.223. The molecule has 0 bridgehead atoms. The lowest BCUT2D eigenvalue weighted by Gasteiger charge is -2.12. The Morgan fingerprint density at radius 3 is 2.36 bits per heavy atom. The van der Waals surface area contributed by atoms with Crippen molar-refractivity contribution in [1.82, 2.24) is 10.6 Å². The third-order valence-electron chi connectivity index (χ3n) is 3.38. The van der Waals surface area contributed by atoms with Crippen LogP contribution in [-0.4, -0.2) is 11.9 Å². The second-order valence-corrected chi connectivity index (χ2v) is 7.89. The largest absolute Gasteiger partial charge is 0.487 e. The number of ether oxygens (including phenoxy) is 1. The van der Waals surface area contributed by atoms with Crippen LogP contribution in [0.3, 0.4) is 0 Å². The van der Waals surface area contributed by atoms with Gasteiger partial charge in [-0.15, -0.1) is 0 Å². The standard InChI is InChI=1S/C17H11ClI2N2O3/c18-11-4-2-1-3-10(11)8-25-15-12(19)5-9(6-13(15)20)7-14-16(23)22-17(24)21-14/h1-7H,8H2,(H2,21,22,23,24)/b14-7+. The molecule has 3 rings (SSSR count). The van der Waals surface area contributed by atoms with Crippen LogP contribution in [0.1, 0.15) is 11.1 Å². The van der Waals surface area contributed by atoms with Crippen molar-refractivity contribution in [2.75, 3.05) is 0 Å². The lowest BCUT2D eigenvalue weighted by molar-refractivity contribution is -0.115. The minimum atomic E-state index is -0.514. The fourth-order valence-electron chi connectivity index (χ4n) is 2.22. The predicted molar refractivity (Wildman–Crippen MR) is 112 cm³/mol. The van der Waals surface area contributed by atoms with Crippen molar-refractivity contribution in [3.8, 4) is 5.75 Å². The molecule has 2 N–H and O–H groups in total. The van der Waals surface area contributed by atoms with Gasteiger partial charge < -0.3 is 10.1 Å². The van der Waals surface area contributed by atoms with E-state index in [0.717, 1.165) is 24.0 Å². The first-order valence-electron chi connectivity index (χ1n) is 7.13. The first-order chi connectivity index (χ1) is 11.9. The Kier molecular flexibility index (Phi) is 5.85. The SMILES string of the molecule is O=C1NC(=O)/C(=C\c2cc(I)c(OCc3ccccc3Cl)c(I)c2)N1. The van der Waals surface area contributed by atoms with Crippen LogP contribution in [0.4, 0.5) is 4.79 Å². The molecule has 1 aliphatic heterocycles. The number of carbonyl (C=O) groups excluding carboxylic acids is 2. The Hall–Kier alpha value is -1.33. The third-order valence-corrected chi connectivity index (χ3v) is 5.35. The number of rotatable bonds is 4. The molecule has 2 aromatic rings. The van der Waals surface area contributed by atoms with Gasteiger partial charge in [-0.1, -0.05) is 29.8 Å². The lowest BCUT2D eigenvalue weighted by Crippen LogP contribution is -2.22. The third kappa shape index (κ3) is 4.45. The number of carbonyl (C=O) groups is 2. The van der Waals surface area contributed by atoms with E-state index >= 15 is 0 Å². The highest BCUT2D eigenvalue weighted by Gasteiger charge is 2.23. The maximum Gasteiger partial charge on any atom is 0.326 e. The average molecular weight is 581 g/mol. The number of urea groups is 1. The zero-order valence-corrected chi connectivity index (χ0v) is 17.7. The lowest BCUT2D eigenvalue weighted by atomic mass is 10.2. The normalized spacial score (nSPS) is 15.2. The zero-order valence-electron chi connectivity index (χ0n) is 12.6. The van der Waals surface area contributed by atoms with Gasteiger partial charge in [-0.05, 0) is 75.0 Å². The second kappa shape index (κ2) is 7.92. The topological polar surface area (TPSA) is 67.4 Å². The van der Waals surface area contributed by atoms with Crippen LogP contribution < -0.4 is 15.4 Å². The van der Waals surface area contributed by atoms with Gasteiger partial charge in [0.2, 0.25) is 0 Å². The molecule has 2 aromatic carbocycles. The molecule has 0 aliphatic carbocycles. The number of imide groups is 1. The fraction of sp³-hybridized carbons (Fsp3) is 0.0588. The Balaban J connectivity index is 1.81. The van der Waals surface area contributed by atoms with Gasteiger partial charge in [-0.3, -0.25) is 10.1 Å². The summed E-state index contributed by atoms with van der Waals surface area (Å²) in [7, 11) is 0. The number of hydrogen-bond acceptors (Lipinski definition) is 3. The molecule has 3 amide bonds. The molecular formula is C17H11ClI2N2O3. The van der Waals surface area contributed by atoms with E-state index < -0.39 is 11.9 Å². The van der Waals surface area contributed by atoms with Gasteiger partial charge in [0.25, 0.3) is 5.91 Å². The fourth-order valence-corrected chi connectivity index (χ4v) is 4.53. The number of benzene rings is 2. The summed E-state index contributed by atoms with van der Waals surface area (Å²) in [6, 6.07) is 10.8. The number of hydrogen-bond donors (Lipinski definition) is 2. The zero-order chi connectivity index (χ0) is 18.0. The van der Waals surface area contributed by atoms with E-state index in [-0.39, 0.29) is 5.70 Å². The van der Waals surface area contributed by atoms with Crippen LogP contribution in [-0.2, 0) is 11.4 Å². The van der Waals surface area contributed by atoms with Crippen molar-refractivity contribution in [2.24, 2.45) is 0 Å². The van der Waals surface area contributed by atoms with Gasteiger partial charge in [0, 0.05) is 10.6 Å². The molecule has 1 saturated heterocycles. The van der Waals surface area contributed by atoms with Crippen LogP contribution in [0.15, 0.2) is 42.1 Å². The smallest absolute Gasteiger partial charge is 0.326 e. The van der Waals surface area contributed by atoms with E-state index in [1.54, 1.807) is 6.08 Å². The summed E-state index contributed by atoms with van der Waals surface area (Å²) in [4.78, 5) is 22.8. The molecule has 8 heteroatoms. The van der Waals surface area contributed by atoms with Gasteiger partial charge in [0.15, 0.2) is 0 Å². The van der Waals surface area contributed by atoms with Crippen molar-refractivity contribution in [2.45, 2.75) is 6.61 Å². The number of halogens is 3. The average Bonchev–Trinajstić information content (AvgIpc) is 2.85. The summed E-state index contributed by atoms with van der Waals surface area (Å²) in [6.45, 7) is 0.366. The highest BCUT2D eigenvalue weighted by Crippen LogP contribution is 2.31. The van der Waals surface area contributed by atoms with Crippen LogP contribution in [0.25, 0.3) is 6.08 Å². The van der Waals surface area contributed by atoms with Gasteiger partial charge in [0.1, 0.15) is 18.1 Å². The summed E-state index contributed by atoms with van der Waals surface area (Å²) in [5, 5.41) is 5.31. The number of amides is 3. The Morgan fingerprint density at radius 2 is 1.76 bits per heavy atom. The van der Waals surface area contributed by atoms with Gasteiger partial charge in [-0.2, -0.15) is 0 Å². The monoisotopic (exact) mass is 580 g/mol. The molecule has 25 heavy (non-hydrogen) atoms. The molecule has 0 unspecified atom stereocenters. The number of nitrogens with one attached hydrogen (secondary N) is 2. The summed E-state index contributed by atoms with van der Waals surface area (Å²) >= 11 is 10.5. The Morgan fingerprint density at radius 1 is 1.08 bits per heavy atom. The van der Waals surface area contributed by atoms with Gasteiger partial charge in [-0.25, -0.2) is 4.79 Å². The van der Waals surface area contributed by atoms with E-state index in [0.29, 0.717) is 11.6 Å². The molecule has 1 aliphatic rings. The van der Waals surface area contributed by atoms with E-state index in [1.807, 2.05) is 36.4 Å². The molecule has 128 valence electrons. The van der Waals surface area contributed by atoms with Crippen LogP contribution in [0, 0.1) is 7.14 Å². The molecular weight excluding hydrogens is 569 g/mol. The van der Waals surface area contributed by atoms with E-state index in [1.165, 1.54) is 0 Å². The maximum absolute atomic E-state index is 11.6. The highest BCUT2D eigenvalue weighted by atomic mass is 127. The van der Waals surface area contributed by atoms with Crippen LogP contribution in [0.2, 0.25) is 5.02 Å². The van der Waals surface area contributed by atoms with E-state index in [9.17, 15) is 9.59 Å². The highest BCUT2D eigenvalue weighted by molar-refractivity contribution is 14.1. The predicted octanol–water partition coefficient (Wildman–Crippen LogP) is 4.31. The maximum atomic E-state index is 11.6. The molecule has 5 nitrogen and oxygen atoms in total. The first kappa shape index (κ1) is 18.5. The first-order valence-corrected chi connectivity index (χ1v) is 9.67. The van der Waals surface area contributed by atoms with Crippen molar-refractivity contribution in [3.63, 3.8) is 0 Å². The van der Waals surface area contributed by atoms with Gasteiger partial charge in [0.05, 0.1) is 7.14 Å². The second-order valence-electron chi connectivity index (χ2n) is 5.16. The van der Waals surface area contributed by atoms with Crippen molar-refractivity contribution in [1.29, 1.82) is 0 Å². The van der Waals surface area contributed by atoms with Crippen LogP contribution >= 0.6 is 56.8 Å². The summed E-state index contributed by atoms with van der Waals surface area (Å²) in [6.07, 6.45) is 1.63. The summed E-state index contributed by atoms with van der Waals surface area (Å²) < 4.78 is 7.72. The molecule has 0 saturated carbocycles. The van der Waals surface area contributed by atoms with Gasteiger partial charge >= 0.3 is 6.03 Å². The van der Waals surface area contributed by atoms with Crippen molar-refractivity contribution < 1.29 is 14.3 Å². The molecule has 0 spiro atoms. The molecule has 0 atom stereocenters. The van der Waals surface area contributed by atoms with E-state index in [4.69, 9.17) is 16.3 Å². The molecule has 1 fully saturated rings. The van der Waals surface area contributed by atoms with Crippen molar-refractivity contribution >= 4 is 74.8 Å². The molecule has 0 radical (unpaired) electrons. The summed E-state index contributed by atoms with van der Waals surface area (Å²) in [5.74, 6) is 0.317. The molecule has 1 heterocycles.